The van der Waals surface area contributed by atoms with Gasteiger partial charge in [-0.25, -0.2) is 0 Å². The molecule has 2 N–H and O–H groups in total. The molecule has 5 rings (SSSR count). The molecule has 0 aromatic heterocycles. The third kappa shape index (κ3) is 3.80. The molecule has 4 aliphatic carbocycles. The van der Waals surface area contributed by atoms with Crippen molar-refractivity contribution in [3.05, 3.63) is 35.9 Å². The Kier molecular flexibility index (Phi) is 6.01. The quantitative estimate of drug-likeness (QED) is 0.539. The number of hydrogen-bond donors (Lipinski definition) is 2. The fraction of sp³-hybridized carbons (Fsp3) is 0.793. The summed E-state index contributed by atoms with van der Waals surface area (Å²) in [6.07, 6.45) is 14.8. The zero-order chi connectivity index (χ0) is 21.6. The van der Waals surface area contributed by atoms with E-state index in [0.29, 0.717) is 10.8 Å². The van der Waals surface area contributed by atoms with E-state index in [1.54, 1.807) is 0 Å². The first kappa shape index (κ1) is 22.0. The van der Waals surface area contributed by atoms with Crippen molar-refractivity contribution >= 4 is 0 Å². The highest BCUT2D eigenvalue weighted by molar-refractivity contribution is 5.17. The first-order chi connectivity index (χ1) is 14.9. The predicted molar refractivity (Wildman–Crippen MR) is 126 cm³/mol. The molecule has 0 radical (unpaired) electrons. The van der Waals surface area contributed by atoms with Gasteiger partial charge in [-0.1, -0.05) is 50.6 Å². The smallest absolute Gasteiger partial charge is 0.0790 e. The van der Waals surface area contributed by atoms with E-state index < -0.39 is 0 Å². The molecule has 0 saturated heterocycles. The topological polar surface area (TPSA) is 40.5 Å². The highest BCUT2D eigenvalue weighted by Crippen LogP contribution is 2.67. The molecule has 0 aliphatic heterocycles. The van der Waals surface area contributed by atoms with Crippen LogP contribution in [0.3, 0.4) is 0 Å². The molecule has 9 atom stereocenters. The van der Waals surface area contributed by atoms with E-state index in [9.17, 15) is 10.2 Å². The van der Waals surface area contributed by atoms with Gasteiger partial charge in [0.1, 0.15) is 0 Å². The molecule has 0 amide bonds. The summed E-state index contributed by atoms with van der Waals surface area (Å²) in [4.78, 5) is 0. The standard InChI is InChI=1S/C29H44O2/c1-28-18-16-26-24(13-11-22-19-23(30)15-17-29(22,26)2)25(28)14-12-21(28)9-6-10-27(31)20-7-4-3-5-8-20/h3-5,7-8,21-27,30-31H,6,9-19H2,1-2H3. The molecular weight excluding hydrogens is 380 g/mol. The Balaban J connectivity index is 1.22. The average molecular weight is 425 g/mol. The number of aliphatic hydroxyl groups excluding tert-OH is 2. The van der Waals surface area contributed by atoms with Crippen molar-refractivity contribution in [3.8, 4) is 0 Å². The van der Waals surface area contributed by atoms with Crippen LogP contribution in [0.1, 0.15) is 103 Å². The van der Waals surface area contributed by atoms with Gasteiger partial charge < -0.3 is 10.2 Å². The minimum Gasteiger partial charge on any atom is -0.393 e. The molecule has 31 heavy (non-hydrogen) atoms. The molecule has 4 saturated carbocycles. The van der Waals surface area contributed by atoms with Crippen LogP contribution in [0.4, 0.5) is 0 Å². The van der Waals surface area contributed by atoms with Crippen LogP contribution in [-0.2, 0) is 0 Å². The highest BCUT2D eigenvalue weighted by atomic mass is 16.3. The lowest BCUT2D eigenvalue weighted by molar-refractivity contribution is -0.127. The van der Waals surface area contributed by atoms with Crippen LogP contribution in [0.2, 0.25) is 0 Å². The first-order valence-corrected chi connectivity index (χ1v) is 13.3. The number of fused-ring (bicyclic) bond motifs is 5. The Bertz CT molecular complexity index is 746. The normalized spacial score (nSPS) is 45.4. The Morgan fingerprint density at radius 2 is 1.65 bits per heavy atom. The van der Waals surface area contributed by atoms with Crippen molar-refractivity contribution in [1.82, 2.24) is 0 Å². The van der Waals surface area contributed by atoms with Gasteiger partial charge in [0.15, 0.2) is 0 Å². The van der Waals surface area contributed by atoms with E-state index >= 15 is 0 Å². The SMILES string of the molecule is CC12CCC3C(CCC4CC(O)CCC43C)C1CCC2CCCC(O)c1ccccc1. The second-order valence-corrected chi connectivity index (χ2v) is 12.3. The van der Waals surface area contributed by atoms with E-state index in [1.165, 1.54) is 51.4 Å². The zero-order valence-electron chi connectivity index (χ0n) is 19.8. The van der Waals surface area contributed by atoms with Gasteiger partial charge >= 0.3 is 0 Å². The molecule has 4 fully saturated rings. The monoisotopic (exact) mass is 424 g/mol. The summed E-state index contributed by atoms with van der Waals surface area (Å²) >= 11 is 0. The second kappa shape index (κ2) is 8.49. The highest BCUT2D eigenvalue weighted by Gasteiger charge is 2.59. The van der Waals surface area contributed by atoms with Crippen molar-refractivity contribution in [1.29, 1.82) is 0 Å². The zero-order valence-corrected chi connectivity index (χ0v) is 19.8. The van der Waals surface area contributed by atoms with Gasteiger partial charge in [-0.3, -0.25) is 0 Å². The van der Waals surface area contributed by atoms with Gasteiger partial charge in [0.05, 0.1) is 12.2 Å². The number of aliphatic hydroxyl groups is 2. The summed E-state index contributed by atoms with van der Waals surface area (Å²) in [5.41, 5.74) is 2.08. The van der Waals surface area contributed by atoms with Crippen molar-refractivity contribution in [2.45, 2.75) is 103 Å². The minimum atomic E-state index is -0.307. The lowest BCUT2D eigenvalue weighted by Crippen LogP contribution is -2.53. The number of rotatable bonds is 5. The van der Waals surface area contributed by atoms with Gasteiger partial charge in [0, 0.05) is 0 Å². The molecule has 0 bridgehead atoms. The fourth-order valence-corrected chi connectivity index (χ4v) is 9.22. The van der Waals surface area contributed by atoms with Crippen LogP contribution in [0.25, 0.3) is 0 Å². The largest absolute Gasteiger partial charge is 0.393 e. The van der Waals surface area contributed by atoms with Crippen LogP contribution in [0.5, 0.6) is 0 Å². The van der Waals surface area contributed by atoms with E-state index in [1.807, 2.05) is 18.2 Å². The first-order valence-electron chi connectivity index (χ1n) is 13.3. The van der Waals surface area contributed by atoms with E-state index in [2.05, 4.69) is 26.0 Å². The van der Waals surface area contributed by atoms with Gasteiger partial charge in [-0.15, -0.1) is 0 Å². The molecule has 2 nitrogen and oxygen atoms in total. The predicted octanol–water partition coefficient (Wildman–Crippen LogP) is 6.91. The van der Waals surface area contributed by atoms with Gasteiger partial charge in [0.2, 0.25) is 0 Å². The van der Waals surface area contributed by atoms with Crippen molar-refractivity contribution in [2.24, 2.45) is 40.4 Å². The molecule has 9 unspecified atom stereocenters. The van der Waals surface area contributed by atoms with Crippen LogP contribution >= 0.6 is 0 Å². The van der Waals surface area contributed by atoms with Crippen LogP contribution < -0.4 is 0 Å². The molecule has 1 aromatic rings. The van der Waals surface area contributed by atoms with Gasteiger partial charge in [0.25, 0.3) is 0 Å². The van der Waals surface area contributed by atoms with Gasteiger partial charge in [-0.2, -0.15) is 0 Å². The fourth-order valence-electron chi connectivity index (χ4n) is 9.22. The van der Waals surface area contributed by atoms with E-state index in [0.717, 1.165) is 60.8 Å². The Morgan fingerprint density at radius 3 is 2.45 bits per heavy atom. The maximum Gasteiger partial charge on any atom is 0.0790 e. The summed E-state index contributed by atoms with van der Waals surface area (Å²) in [6, 6.07) is 10.2. The molecule has 4 aliphatic rings. The van der Waals surface area contributed by atoms with Crippen molar-refractivity contribution in [3.63, 3.8) is 0 Å². The number of hydrogen-bond acceptors (Lipinski definition) is 2. The Hall–Kier alpha value is -0.860. The van der Waals surface area contributed by atoms with Crippen molar-refractivity contribution in [2.75, 3.05) is 0 Å². The molecule has 1 aromatic carbocycles. The van der Waals surface area contributed by atoms with E-state index in [4.69, 9.17) is 0 Å². The number of benzene rings is 1. The molecule has 0 spiro atoms. The van der Waals surface area contributed by atoms with Crippen molar-refractivity contribution < 1.29 is 10.2 Å². The maximum absolute atomic E-state index is 10.6. The van der Waals surface area contributed by atoms with Crippen LogP contribution in [-0.4, -0.2) is 16.3 Å². The maximum atomic E-state index is 10.6. The second-order valence-electron chi connectivity index (χ2n) is 12.3. The Morgan fingerprint density at radius 1 is 0.903 bits per heavy atom. The molecule has 172 valence electrons. The lowest BCUT2D eigenvalue weighted by Gasteiger charge is -2.61. The van der Waals surface area contributed by atoms with E-state index in [-0.39, 0.29) is 12.2 Å². The third-order valence-corrected chi connectivity index (χ3v) is 11.0. The summed E-state index contributed by atoms with van der Waals surface area (Å²) in [6.45, 7) is 5.23. The summed E-state index contributed by atoms with van der Waals surface area (Å²) in [7, 11) is 0. The Labute approximate surface area is 189 Å². The average Bonchev–Trinajstić information content (AvgIpc) is 3.11. The molecule has 0 heterocycles. The summed E-state index contributed by atoms with van der Waals surface area (Å²) < 4.78 is 0. The van der Waals surface area contributed by atoms with Crippen LogP contribution in [0, 0.1) is 40.4 Å². The minimum absolute atomic E-state index is 0.0365. The summed E-state index contributed by atoms with van der Waals surface area (Å²) in [5.74, 6) is 4.35. The third-order valence-electron chi connectivity index (χ3n) is 11.0. The van der Waals surface area contributed by atoms with Gasteiger partial charge in [-0.05, 0) is 117 Å². The molecular formula is C29H44O2. The van der Waals surface area contributed by atoms with Crippen LogP contribution in [0.15, 0.2) is 30.3 Å². The summed E-state index contributed by atoms with van der Waals surface area (Å²) in [5, 5.41) is 20.8. The lowest BCUT2D eigenvalue weighted by atomic mass is 9.44. The molecule has 2 heteroatoms.